The number of nitrogens with one attached hydrogen (secondary N) is 1. The van der Waals surface area contributed by atoms with Crippen molar-refractivity contribution in [1.82, 2.24) is 14.9 Å². The molecule has 1 aliphatic heterocycles. The second kappa shape index (κ2) is 7.43. The largest absolute Gasteiger partial charge is 0.350 e. The van der Waals surface area contributed by atoms with E-state index in [0.29, 0.717) is 13.2 Å². The van der Waals surface area contributed by atoms with E-state index >= 15 is 0 Å². The van der Waals surface area contributed by atoms with Gasteiger partial charge in [0.15, 0.2) is 5.79 Å². The summed E-state index contributed by atoms with van der Waals surface area (Å²) in [5.74, 6) is -0.438. The van der Waals surface area contributed by atoms with E-state index in [2.05, 4.69) is 10.3 Å². The van der Waals surface area contributed by atoms with Gasteiger partial charge >= 0.3 is 0 Å². The molecule has 1 N–H and O–H groups in total. The van der Waals surface area contributed by atoms with Crippen LogP contribution in [0.1, 0.15) is 31.2 Å². The number of hydrogen-bond donors (Lipinski definition) is 1. The Hall–Kier alpha value is -2.44. The van der Waals surface area contributed by atoms with Gasteiger partial charge in [-0.15, -0.1) is 0 Å². The van der Waals surface area contributed by atoms with Crippen molar-refractivity contribution in [1.29, 1.82) is 0 Å². The van der Waals surface area contributed by atoms with E-state index < -0.39 is 0 Å². The van der Waals surface area contributed by atoms with Gasteiger partial charge in [0.25, 0.3) is 0 Å². The van der Waals surface area contributed by atoms with Crippen LogP contribution in [-0.2, 0) is 14.3 Å². The second-order valence-electron chi connectivity index (χ2n) is 6.79. The molecule has 0 atom stereocenters. The SMILES string of the molecule is O=C(/C=C/c1ccc(-n2ccnc2)cc1)NC1CCC2(CC1)OCCO2. The Morgan fingerprint density at radius 2 is 1.92 bits per heavy atom. The first-order valence-electron chi connectivity index (χ1n) is 9.07. The number of carbonyl (C=O) groups is 1. The van der Waals surface area contributed by atoms with Gasteiger partial charge in [0.05, 0.1) is 19.5 Å². The number of hydrogen-bond acceptors (Lipinski definition) is 4. The fourth-order valence-corrected chi connectivity index (χ4v) is 3.58. The average molecular weight is 353 g/mol. The number of imidazole rings is 1. The van der Waals surface area contributed by atoms with Gasteiger partial charge in [-0.1, -0.05) is 12.1 Å². The van der Waals surface area contributed by atoms with Crippen LogP contribution in [0.15, 0.2) is 49.1 Å². The highest BCUT2D eigenvalue weighted by atomic mass is 16.7. The van der Waals surface area contributed by atoms with Gasteiger partial charge in [0.1, 0.15) is 0 Å². The van der Waals surface area contributed by atoms with Gasteiger partial charge in [0.2, 0.25) is 5.91 Å². The predicted octanol–water partition coefficient (Wildman–Crippen LogP) is 2.69. The molecule has 0 bridgehead atoms. The zero-order chi connectivity index (χ0) is 17.8. The van der Waals surface area contributed by atoms with Crippen molar-refractivity contribution in [3.8, 4) is 5.69 Å². The lowest BCUT2D eigenvalue weighted by molar-refractivity contribution is -0.179. The fourth-order valence-electron chi connectivity index (χ4n) is 3.58. The minimum absolute atomic E-state index is 0.0575. The second-order valence-corrected chi connectivity index (χ2v) is 6.79. The number of nitrogens with zero attached hydrogens (tertiary/aromatic N) is 2. The predicted molar refractivity (Wildman–Crippen MR) is 97.6 cm³/mol. The van der Waals surface area contributed by atoms with E-state index in [4.69, 9.17) is 9.47 Å². The first kappa shape index (κ1) is 17.0. The first-order valence-corrected chi connectivity index (χ1v) is 9.07. The van der Waals surface area contributed by atoms with Crippen LogP contribution in [0.5, 0.6) is 0 Å². The molecule has 1 saturated carbocycles. The van der Waals surface area contributed by atoms with Gasteiger partial charge in [-0.3, -0.25) is 4.79 Å². The molecule has 1 aromatic heterocycles. The standard InChI is InChI=1S/C20H23N3O3/c24-19(22-17-7-9-20(10-8-17)25-13-14-26-20)6-3-16-1-4-18(5-2-16)23-12-11-21-15-23/h1-6,11-12,15,17H,7-10,13-14H2,(H,22,24)/b6-3+. The van der Waals surface area contributed by atoms with Crippen LogP contribution in [-0.4, -0.2) is 40.5 Å². The van der Waals surface area contributed by atoms with Crippen LogP contribution in [0.25, 0.3) is 11.8 Å². The highest BCUT2D eigenvalue weighted by molar-refractivity contribution is 5.91. The van der Waals surface area contributed by atoms with Crippen LogP contribution in [0.2, 0.25) is 0 Å². The molecule has 136 valence electrons. The molecular weight excluding hydrogens is 330 g/mol. The number of ether oxygens (including phenoxy) is 2. The zero-order valence-corrected chi connectivity index (χ0v) is 14.6. The lowest BCUT2D eigenvalue weighted by atomic mass is 9.90. The summed E-state index contributed by atoms with van der Waals surface area (Å²) in [5, 5.41) is 3.08. The molecular formula is C20H23N3O3. The van der Waals surface area contributed by atoms with Crippen molar-refractivity contribution >= 4 is 12.0 Å². The Balaban J connectivity index is 1.28. The Morgan fingerprint density at radius 1 is 1.19 bits per heavy atom. The first-order chi connectivity index (χ1) is 12.7. The maximum Gasteiger partial charge on any atom is 0.244 e. The molecule has 6 nitrogen and oxygen atoms in total. The molecule has 0 radical (unpaired) electrons. The Morgan fingerprint density at radius 3 is 2.58 bits per heavy atom. The average Bonchev–Trinajstić information content (AvgIpc) is 3.35. The summed E-state index contributed by atoms with van der Waals surface area (Å²) in [6.45, 7) is 1.36. The third-order valence-corrected chi connectivity index (χ3v) is 5.03. The zero-order valence-electron chi connectivity index (χ0n) is 14.6. The summed E-state index contributed by atoms with van der Waals surface area (Å²) < 4.78 is 13.4. The lowest BCUT2D eigenvalue weighted by Gasteiger charge is -2.35. The lowest BCUT2D eigenvalue weighted by Crippen LogP contribution is -2.43. The quantitative estimate of drug-likeness (QED) is 0.859. The van der Waals surface area contributed by atoms with Crippen LogP contribution < -0.4 is 5.32 Å². The number of amides is 1. The molecule has 6 heteroatoms. The molecule has 26 heavy (non-hydrogen) atoms. The Bertz CT molecular complexity index is 752. The van der Waals surface area contributed by atoms with Gasteiger partial charge in [-0.05, 0) is 36.6 Å². The minimum Gasteiger partial charge on any atom is -0.350 e. The van der Waals surface area contributed by atoms with E-state index in [1.807, 2.05) is 41.1 Å². The molecule has 0 unspecified atom stereocenters. The number of carbonyl (C=O) groups excluding carboxylic acids is 1. The van der Waals surface area contributed by atoms with Crippen molar-refractivity contribution in [3.05, 3.63) is 54.6 Å². The van der Waals surface area contributed by atoms with Gasteiger partial charge in [0, 0.05) is 43.0 Å². The Labute approximate surface area is 152 Å². The van der Waals surface area contributed by atoms with Gasteiger partial charge < -0.3 is 19.4 Å². The number of rotatable bonds is 4. The molecule has 1 spiro atoms. The topological polar surface area (TPSA) is 65.4 Å². The van der Waals surface area contributed by atoms with E-state index in [9.17, 15) is 4.79 Å². The summed E-state index contributed by atoms with van der Waals surface area (Å²) in [6.07, 6.45) is 12.3. The van der Waals surface area contributed by atoms with Crippen molar-refractivity contribution in [2.75, 3.05) is 13.2 Å². The van der Waals surface area contributed by atoms with Crippen LogP contribution in [0.4, 0.5) is 0 Å². The minimum atomic E-state index is -0.381. The van der Waals surface area contributed by atoms with Gasteiger partial charge in [-0.25, -0.2) is 4.98 Å². The smallest absolute Gasteiger partial charge is 0.244 e. The fraction of sp³-hybridized carbons (Fsp3) is 0.400. The maximum atomic E-state index is 12.2. The summed E-state index contributed by atoms with van der Waals surface area (Å²) in [6, 6.07) is 8.16. The molecule has 1 aliphatic carbocycles. The van der Waals surface area contributed by atoms with Gasteiger partial charge in [-0.2, -0.15) is 0 Å². The highest BCUT2D eigenvalue weighted by Gasteiger charge is 2.40. The normalized spacial score (nSPS) is 20.0. The molecule has 4 rings (SSSR count). The molecule has 2 aromatic rings. The van der Waals surface area contributed by atoms with Crippen LogP contribution in [0.3, 0.4) is 0 Å². The van der Waals surface area contributed by atoms with Crippen molar-refractivity contribution in [2.24, 2.45) is 0 Å². The molecule has 1 amide bonds. The molecule has 1 aromatic carbocycles. The monoisotopic (exact) mass is 353 g/mol. The highest BCUT2D eigenvalue weighted by Crippen LogP contribution is 2.35. The van der Waals surface area contributed by atoms with Crippen LogP contribution >= 0.6 is 0 Å². The molecule has 2 fully saturated rings. The summed E-state index contributed by atoms with van der Waals surface area (Å²) >= 11 is 0. The third-order valence-electron chi connectivity index (χ3n) is 5.03. The van der Waals surface area contributed by atoms with Crippen LogP contribution in [0, 0.1) is 0 Å². The number of benzene rings is 1. The van der Waals surface area contributed by atoms with Crippen molar-refractivity contribution in [3.63, 3.8) is 0 Å². The Kier molecular flexibility index (Phi) is 4.86. The molecule has 1 saturated heterocycles. The summed E-state index contributed by atoms with van der Waals surface area (Å²) in [4.78, 5) is 16.2. The number of aromatic nitrogens is 2. The van der Waals surface area contributed by atoms with E-state index in [0.717, 1.165) is 36.9 Å². The third kappa shape index (κ3) is 3.86. The maximum absolute atomic E-state index is 12.2. The summed E-state index contributed by atoms with van der Waals surface area (Å²) in [7, 11) is 0. The van der Waals surface area contributed by atoms with E-state index in [-0.39, 0.29) is 17.7 Å². The van der Waals surface area contributed by atoms with E-state index in [1.165, 1.54) is 0 Å². The molecule has 2 heterocycles. The van der Waals surface area contributed by atoms with E-state index in [1.54, 1.807) is 18.6 Å². The molecule has 2 aliphatic rings. The van der Waals surface area contributed by atoms with Crippen molar-refractivity contribution in [2.45, 2.75) is 37.5 Å². The summed E-state index contributed by atoms with van der Waals surface area (Å²) in [5.41, 5.74) is 2.02. The van der Waals surface area contributed by atoms with Crippen molar-refractivity contribution < 1.29 is 14.3 Å².